The maximum absolute atomic E-state index is 12.5. The topological polar surface area (TPSA) is 106 Å². The van der Waals surface area contributed by atoms with Gasteiger partial charge in [-0.2, -0.15) is 0 Å². The lowest BCUT2D eigenvalue weighted by Gasteiger charge is -2.36. The normalized spacial score (nSPS) is 14.4. The smallest absolute Gasteiger partial charge is 0.309 e. The summed E-state index contributed by atoms with van der Waals surface area (Å²) in [5, 5.41) is 19.7. The Morgan fingerprint density at radius 2 is 1.93 bits per heavy atom. The molecule has 1 aliphatic rings. The average Bonchev–Trinajstić information content (AvgIpc) is 2.65. The van der Waals surface area contributed by atoms with Crippen LogP contribution in [0.15, 0.2) is 36.5 Å². The fraction of sp³-hybridized carbons (Fsp3) is 0.391. The molecule has 3 N–H and O–H groups in total. The second kappa shape index (κ2) is 9.17. The molecular weight excluding hydrogens is 380 g/mol. The zero-order chi connectivity index (χ0) is 21.8. The Morgan fingerprint density at radius 1 is 1.23 bits per heavy atom. The highest BCUT2D eigenvalue weighted by Crippen LogP contribution is 2.18. The van der Waals surface area contributed by atoms with Gasteiger partial charge in [-0.05, 0) is 54.7 Å². The van der Waals surface area contributed by atoms with Crippen molar-refractivity contribution in [3.63, 3.8) is 0 Å². The summed E-state index contributed by atoms with van der Waals surface area (Å²) in [6, 6.07) is 9.19. The van der Waals surface area contributed by atoms with Crippen molar-refractivity contribution in [2.75, 3.05) is 13.1 Å². The van der Waals surface area contributed by atoms with Gasteiger partial charge in [0.2, 0.25) is 0 Å². The quantitative estimate of drug-likeness (QED) is 0.482. The molecule has 0 aliphatic carbocycles. The number of carboxylic acid groups (broad SMARTS) is 1. The summed E-state index contributed by atoms with van der Waals surface area (Å²) in [6.07, 6.45) is 2.53. The van der Waals surface area contributed by atoms with Crippen LogP contribution in [0.4, 0.5) is 0 Å². The lowest BCUT2D eigenvalue weighted by atomic mass is 9.97. The average molecular weight is 409 g/mol. The molecular formula is C23H28N4O3. The minimum absolute atomic E-state index is 0.00199. The Bertz CT molecular complexity index is 947. The molecule has 0 radical (unpaired) electrons. The fourth-order valence-electron chi connectivity index (χ4n) is 3.51. The molecule has 3 rings (SSSR count). The number of hydrogen-bond donors (Lipinski definition) is 3. The van der Waals surface area contributed by atoms with Crippen LogP contribution in [0.3, 0.4) is 0 Å². The highest BCUT2D eigenvalue weighted by Gasteiger charge is 2.32. The first-order valence-corrected chi connectivity index (χ1v) is 10.1. The van der Waals surface area contributed by atoms with Crippen molar-refractivity contribution in [1.82, 2.24) is 15.2 Å². The summed E-state index contributed by atoms with van der Waals surface area (Å²) < 4.78 is 0. The number of aromatic nitrogens is 1. The molecule has 7 nitrogen and oxygen atoms in total. The lowest BCUT2D eigenvalue weighted by Crippen LogP contribution is -2.49. The van der Waals surface area contributed by atoms with E-state index in [2.05, 4.69) is 24.1 Å². The number of carboxylic acids is 1. The summed E-state index contributed by atoms with van der Waals surface area (Å²) in [4.78, 5) is 29.8. The number of amidine groups is 1. The van der Waals surface area contributed by atoms with E-state index in [1.165, 1.54) is 5.56 Å². The summed E-state index contributed by atoms with van der Waals surface area (Å²) in [5.74, 6) is -0.827. The Labute approximate surface area is 176 Å². The maximum Gasteiger partial charge on any atom is 0.309 e. The Morgan fingerprint density at radius 3 is 2.50 bits per heavy atom. The largest absolute Gasteiger partial charge is 0.481 e. The van der Waals surface area contributed by atoms with Gasteiger partial charge in [-0.3, -0.25) is 24.9 Å². The third-order valence-corrected chi connectivity index (χ3v) is 5.28. The first kappa shape index (κ1) is 21.6. The van der Waals surface area contributed by atoms with Gasteiger partial charge in [0.05, 0.1) is 11.6 Å². The van der Waals surface area contributed by atoms with E-state index in [-0.39, 0.29) is 17.7 Å². The Balaban J connectivity index is 1.56. The predicted molar refractivity (Wildman–Crippen MR) is 115 cm³/mol. The molecule has 1 saturated heterocycles. The second-order valence-electron chi connectivity index (χ2n) is 8.34. The van der Waals surface area contributed by atoms with Crippen LogP contribution in [-0.4, -0.2) is 45.8 Å². The molecule has 30 heavy (non-hydrogen) atoms. The van der Waals surface area contributed by atoms with Crippen molar-refractivity contribution in [2.45, 2.75) is 33.7 Å². The summed E-state index contributed by atoms with van der Waals surface area (Å²) in [7, 11) is 0. The number of carbonyl (C=O) groups excluding carboxylic acids is 1. The molecule has 0 unspecified atom stereocenters. The molecule has 1 aromatic carbocycles. The summed E-state index contributed by atoms with van der Waals surface area (Å²) in [6.45, 7) is 7.96. The molecule has 2 heterocycles. The first-order valence-electron chi connectivity index (χ1n) is 10.1. The standard InChI is InChI=1S/C23H28N4O3/c1-14(2)8-16-4-5-17(9-15(16)3)22(28)26-21(24)18-6-7-20(25-10-18)13-27-11-19(12-27)23(29)30/h4-7,9-10,14,19H,8,11-13H2,1-3H3,(H,29,30)(H2,24,26,28). The molecule has 0 bridgehead atoms. The highest BCUT2D eigenvalue weighted by molar-refractivity contribution is 6.11. The molecule has 1 aromatic heterocycles. The number of likely N-dealkylation sites (tertiary alicyclic amines) is 1. The van der Waals surface area contributed by atoms with Crippen LogP contribution in [0.2, 0.25) is 0 Å². The van der Waals surface area contributed by atoms with Gasteiger partial charge in [0.1, 0.15) is 5.84 Å². The zero-order valence-electron chi connectivity index (χ0n) is 17.6. The van der Waals surface area contributed by atoms with Crippen LogP contribution in [-0.2, 0) is 17.8 Å². The number of carbonyl (C=O) groups is 2. The molecule has 0 saturated carbocycles. The molecule has 7 heteroatoms. The SMILES string of the molecule is Cc1cc(C(=O)NC(=N)c2ccc(CN3CC(C(=O)O)C3)nc2)ccc1CC(C)C. The third kappa shape index (κ3) is 5.30. The van der Waals surface area contributed by atoms with Crippen molar-refractivity contribution in [2.24, 2.45) is 11.8 Å². The van der Waals surface area contributed by atoms with Crippen LogP contribution < -0.4 is 5.32 Å². The number of aryl methyl sites for hydroxylation is 1. The van der Waals surface area contributed by atoms with Crippen molar-refractivity contribution in [3.05, 3.63) is 64.5 Å². The number of nitrogens with one attached hydrogen (secondary N) is 2. The van der Waals surface area contributed by atoms with Crippen LogP contribution in [0.5, 0.6) is 0 Å². The summed E-state index contributed by atoms with van der Waals surface area (Å²) >= 11 is 0. The van der Waals surface area contributed by atoms with Gasteiger partial charge in [-0.25, -0.2) is 0 Å². The van der Waals surface area contributed by atoms with Crippen LogP contribution in [0.1, 0.15) is 46.6 Å². The van der Waals surface area contributed by atoms with E-state index in [9.17, 15) is 9.59 Å². The molecule has 1 fully saturated rings. The highest BCUT2D eigenvalue weighted by atomic mass is 16.4. The van der Waals surface area contributed by atoms with Crippen molar-refractivity contribution in [3.8, 4) is 0 Å². The molecule has 2 aromatic rings. The Kier molecular flexibility index (Phi) is 6.62. The zero-order valence-corrected chi connectivity index (χ0v) is 17.6. The number of amides is 1. The number of rotatable bonds is 7. The van der Waals surface area contributed by atoms with E-state index in [1.807, 2.05) is 24.0 Å². The minimum atomic E-state index is -0.761. The van der Waals surface area contributed by atoms with Gasteiger partial charge in [-0.1, -0.05) is 19.9 Å². The van der Waals surface area contributed by atoms with Crippen molar-refractivity contribution in [1.29, 1.82) is 5.41 Å². The lowest BCUT2D eigenvalue weighted by molar-refractivity contribution is -0.147. The molecule has 0 spiro atoms. The number of hydrogen-bond acceptors (Lipinski definition) is 5. The summed E-state index contributed by atoms with van der Waals surface area (Å²) in [5.41, 5.74) is 4.16. The van der Waals surface area contributed by atoms with Crippen LogP contribution >= 0.6 is 0 Å². The van der Waals surface area contributed by atoms with Crippen LogP contribution in [0, 0.1) is 24.2 Å². The van der Waals surface area contributed by atoms with E-state index >= 15 is 0 Å². The van der Waals surface area contributed by atoms with E-state index in [0.29, 0.717) is 36.7 Å². The third-order valence-electron chi connectivity index (χ3n) is 5.28. The fourth-order valence-corrected chi connectivity index (χ4v) is 3.51. The molecule has 1 amide bonds. The van der Waals surface area contributed by atoms with Crippen molar-refractivity contribution < 1.29 is 14.7 Å². The number of benzene rings is 1. The second-order valence-corrected chi connectivity index (χ2v) is 8.34. The molecule has 1 aliphatic heterocycles. The van der Waals surface area contributed by atoms with Gasteiger partial charge < -0.3 is 10.4 Å². The maximum atomic E-state index is 12.5. The number of nitrogens with zero attached hydrogens (tertiary/aromatic N) is 2. The van der Waals surface area contributed by atoms with E-state index in [1.54, 1.807) is 24.4 Å². The van der Waals surface area contributed by atoms with Crippen LogP contribution in [0.25, 0.3) is 0 Å². The van der Waals surface area contributed by atoms with Gasteiger partial charge in [0, 0.05) is 37.0 Å². The van der Waals surface area contributed by atoms with Gasteiger partial charge in [0.15, 0.2) is 0 Å². The Hall–Kier alpha value is -3.06. The van der Waals surface area contributed by atoms with E-state index in [4.69, 9.17) is 10.5 Å². The van der Waals surface area contributed by atoms with Gasteiger partial charge in [-0.15, -0.1) is 0 Å². The monoisotopic (exact) mass is 408 g/mol. The molecule has 158 valence electrons. The minimum Gasteiger partial charge on any atom is -0.481 e. The van der Waals surface area contributed by atoms with Gasteiger partial charge in [0.25, 0.3) is 5.91 Å². The molecule has 0 atom stereocenters. The predicted octanol–water partition coefficient (Wildman–Crippen LogP) is 2.86. The van der Waals surface area contributed by atoms with Gasteiger partial charge >= 0.3 is 5.97 Å². The van der Waals surface area contributed by atoms with E-state index < -0.39 is 5.97 Å². The number of aliphatic carboxylic acids is 1. The number of pyridine rings is 1. The van der Waals surface area contributed by atoms with E-state index in [0.717, 1.165) is 17.7 Å². The first-order chi connectivity index (χ1) is 14.2. The van der Waals surface area contributed by atoms with Crippen molar-refractivity contribution >= 4 is 17.7 Å².